The number of amides is 1. The van der Waals surface area contributed by atoms with Gasteiger partial charge in [0.25, 0.3) is 0 Å². The third-order valence-electron chi connectivity index (χ3n) is 3.61. The van der Waals surface area contributed by atoms with E-state index >= 15 is 0 Å². The molecule has 0 bridgehead atoms. The first-order chi connectivity index (χ1) is 10.3. The third-order valence-corrected chi connectivity index (χ3v) is 3.61. The predicted molar refractivity (Wildman–Crippen MR) is 82.8 cm³/mol. The van der Waals surface area contributed by atoms with Crippen molar-refractivity contribution in [3.8, 4) is 0 Å². The van der Waals surface area contributed by atoms with Crippen molar-refractivity contribution in [2.45, 2.75) is 25.4 Å². The van der Waals surface area contributed by atoms with E-state index < -0.39 is 0 Å². The highest BCUT2D eigenvalue weighted by Crippen LogP contribution is 2.13. The van der Waals surface area contributed by atoms with Gasteiger partial charge in [-0.2, -0.15) is 0 Å². The molecule has 116 valence electrons. The van der Waals surface area contributed by atoms with Crippen molar-refractivity contribution >= 4 is 5.91 Å². The van der Waals surface area contributed by atoms with Crippen molar-refractivity contribution in [3.63, 3.8) is 0 Å². The standard InChI is InChI=1S/C16H25N3O2/c17-8-10-21-13-16(20)18-15-7-4-9-19(12-15)11-14-5-2-1-3-6-14/h1-3,5-6,15H,4,7-13,17H2,(H,18,20). The van der Waals surface area contributed by atoms with Crippen LogP contribution in [0.2, 0.25) is 0 Å². The van der Waals surface area contributed by atoms with E-state index in [0.717, 1.165) is 32.5 Å². The van der Waals surface area contributed by atoms with Crippen LogP contribution < -0.4 is 11.1 Å². The van der Waals surface area contributed by atoms with Crippen LogP contribution in [0.3, 0.4) is 0 Å². The molecule has 5 heteroatoms. The molecule has 21 heavy (non-hydrogen) atoms. The largest absolute Gasteiger partial charge is 0.370 e. The fraction of sp³-hybridized carbons (Fsp3) is 0.562. The summed E-state index contributed by atoms with van der Waals surface area (Å²) in [5.74, 6) is -0.0463. The molecule has 1 atom stereocenters. The number of ether oxygens (including phenoxy) is 1. The first kappa shape index (κ1) is 15.9. The molecule has 5 nitrogen and oxygen atoms in total. The average molecular weight is 291 g/mol. The molecular formula is C16H25N3O2. The second kappa shape index (κ2) is 8.77. The summed E-state index contributed by atoms with van der Waals surface area (Å²) in [4.78, 5) is 14.1. The van der Waals surface area contributed by atoms with E-state index in [-0.39, 0.29) is 18.6 Å². The molecular weight excluding hydrogens is 266 g/mol. The fourth-order valence-corrected chi connectivity index (χ4v) is 2.68. The SMILES string of the molecule is NCCOCC(=O)NC1CCCN(Cc2ccccc2)C1. The van der Waals surface area contributed by atoms with Crippen LogP contribution in [0.4, 0.5) is 0 Å². The number of nitrogens with zero attached hydrogens (tertiary/aromatic N) is 1. The maximum absolute atomic E-state index is 11.8. The molecule has 0 aliphatic carbocycles. The van der Waals surface area contributed by atoms with Crippen molar-refractivity contribution in [1.82, 2.24) is 10.2 Å². The quantitative estimate of drug-likeness (QED) is 0.727. The molecule has 0 saturated carbocycles. The van der Waals surface area contributed by atoms with E-state index in [4.69, 9.17) is 10.5 Å². The Bertz CT molecular complexity index is 425. The minimum absolute atomic E-state index is 0.0463. The number of piperidine rings is 1. The minimum atomic E-state index is -0.0463. The van der Waals surface area contributed by atoms with Crippen LogP contribution in [0.1, 0.15) is 18.4 Å². The molecule has 1 aromatic rings. The van der Waals surface area contributed by atoms with Crippen LogP contribution in [0.5, 0.6) is 0 Å². The molecule has 1 heterocycles. The molecule has 1 aliphatic rings. The second-order valence-corrected chi connectivity index (χ2v) is 5.47. The Morgan fingerprint density at radius 3 is 2.95 bits per heavy atom. The van der Waals surface area contributed by atoms with Gasteiger partial charge in [-0.1, -0.05) is 30.3 Å². The minimum Gasteiger partial charge on any atom is -0.370 e. The highest BCUT2D eigenvalue weighted by molar-refractivity contribution is 5.77. The predicted octanol–water partition coefficient (Wildman–Crippen LogP) is 0.743. The molecule has 2 rings (SSSR count). The van der Waals surface area contributed by atoms with Crippen LogP contribution in [-0.4, -0.2) is 49.7 Å². The van der Waals surface area contributed by atoms with Crippen molar-refractivity contribution in [1.29, 1.82) is 0 Å². The Morgan fingerprint density at radius 2 is 2.19 bits per heavy atom. The molecule has 1 saturated heterocycles. The van der Waals surface area contributed by atoms with Crippen LogP contribution in [0, 0.1) is 0 Å². The summed E-state index contributed by atoms with van der Waals surface area (Å²) in [6, 6.07) is 10.7. The van der Waals surface area contributed by atoms with Crippen molar-refractivity contribution in [3.05, 3.63) is 35.9 Å². The van der Waals surface area contributed by atoms with Crippen molar-refractivity contribution in [2.75, 3.05) is 32.8 Å². The maximum atomic E-state index is 11.8. The second-order valence-electron chi connectivity index (χ2n) is 5.47. The Balaban J connectivity index is 1.74. The number of hydrogen-bond donors (Lipinski definition) is 2. The summed E-state index contributed by atoms with van der Waals surface area (Å²) in [7, 11) is 0. The zero-order chi connectivity index (χ0) is 14.9. The first-order valence-corrected chi connectivity index (χ1v) is 7.61. The van der Waals surface area contributed by atoms with Gasteiger partial charge in [-0.15, -0.1) is 0 Å². The van der Waals surface area contributed by atoms with Crippen molar-refractivity contribution < 1.29 is 9.53 Å². The van der Waals surface area contributed by atoms with E-state index in [0.29, 0.717) is 13.2 Å². The smallest absolute Gasteiger partial charge is 0.246 e. The lowest BCUT2D eigenvalue weighted by atomic mass is 10.0. The van der Waals surface area contributed by atoms with Gasteiger partial charge in [0.15, 0.2) is 0 Å². The zero-order valence-corrected chi connectivity index (χ0v) is 12.5. The third kappa shape index (κ3) is 5.83. The summed E-state index contributed by atoms with van der Waals surface area (Å²) in [6.45, 7) is 3.91. The molecule has 1 amide bonds. The van der Waals surface area contributed by atoms with E-state index in [1.807, 2.05) is 6.07 Å². The Kier molecular flexibility index (Phi) is 6.66. The number of hydrogen-bond acceptors (Lipinski definition) is 4. The maximum Gasteiger partial charge on any atom is 0.246 e. The van der Waals surface area contributed by atoms with E-state index in [9.17, 15) is 4.79 Å². The van der Waals surface area contributed by atoms with E-state index in [1.165, 1.54) is 5.56 Å². The number of carbonyl (C=O) groups is 1. The Morgan fingerprint density at radius 1 is 1.38 bits per heavy atom. The fourth-order valence-electron chi connectivity index (χ4n) is 2.68. The average Bonchev–Trinajstić information content (AvgIpc) is 2.49. The zero-order valence-electron chi connectivity index (χ0n) is 12.5. The lowest BCUT2D eigenvalue weighted by Crippen LogP contribution is -2.48. The summed E-state index contributed by atoms with van der Waals surface area (Å²) >= 11 is 0. The molecule has 1 aromatic carbocycles. The Hall–Kier alpha value is -1.43. The molecule has 1 aliphatic heterocycles. The van der Waals surface area contributed by atoms with Gasteiger partial charge in [0.2, 0.25) is 5.91 Å². The number of rotatable bonds is 7. The first-order valence-electron chi connectivity index (χ1n) is 7.61. The summed E-state index contributed by atoms with van der Waals surface area (Å²) in [5, 5.41) is 3.05. The molecule has 3 N–H and O–H groups in total. The van der Waals surface area contributed by atoms with Gasteiger partial charge < -0.3 is 15.8 Å². The van der Waals surface area contributed by atoms with Gasteiger partial charge in [-0.25, -0.2) is 0 Å². The Labute approximate surface area is 126 Å². The number of likely N-dealkylation sites (tertiary alicyclic amines) is 1. The van der Waals surface area contributed by atoms with Gasteiger partial charge in [0.05, 0.1) is 6.61 Å². The summed E-state index contributed by atoms with van der Waals surface area (Å²) in [5.41, 5.74) is 6.64. The molecule has 0 radical (unpaired) electrons. The molecule has 1 unspecified atom stereocenters. The van der Waals surface area contributed by atoms with Crippen molar-refractivity contribution in [2.24, 2.45) is 5.73 Å². The number of nitrogens with one attached hydrogen (secondary N) is 1. The van der Waals surface area contributed by atoms with Crippen LogP contribution >= 0.6 is 0 Å². The number of carbonyl (C=O) groups excluding carboxylic acids is 1. The van der Waals surface area contributed by atoms with E-state index in [2.05, 4.69) is 34.5 Å². The highest BCUT2D eigenvalue weighted by Gasteiger charge is 2.21. The van der Waals surface area contributed by atoms with E-state index in [1.54, 1.807) is 0 Å². The molecule has 1 fully saturated rings. The monoisotopic (exact) mass is 291 g/mol. The summed E-state index contributed by atoms with van der Waals surface area (Å²) in [6.07, 6.45) is 2.15. The normalized spacial score (nSPS) is 19.4. The summed E-state index contributed by atoms with van der Waals surface area (Å²) < 4.78 is 5.16. The lowest BCUT2D eigenvalue weighted by Gasteiger charge is -2.33. The van der Waals surface area contributed by atoms with Gasteiger partial charge in [0, 0.05) is 25.7 Å². The molecule has 0 aromatic heterocycles. The number of nitrogens with two attached hydrogens (primary N) is 1. The molecule has 0 spiro atoms. The number of benzene rings is 1. The van der Waals surface area contributed by atoms with Gasteiger partial charge in [0.1, 0.15) is 6.61 Å². The van der Waals surface area contributed by atoms with Gasteiger partial charge in [-0.3, -0.25) is 9.69 Å². The van der Waals surface area contributed by atoms with Crippen LogP contribution in [0.25, 0.3) is 0 Å². The van der Waals surface area contributed by atoms with Crippen LogP contribution in [-0.2, 0) is 16.1 Å². The van der Waals surface area contributed by atoms with Gasteiger partial charge >= 0.3 is 0 Å². The van der Waals surface area contributed by atoms with Gasteiger partial charge in [-0.05, 0) is 24.9 Å². The highest BCUT2D eigenvalue weighted by atomic mass is 16.5. The lowest BCUT2D eigenvalue weighted by molar-refractivity contribution is -0.126. The van der Waals surface area contributed by atoms with Crippen LogP contribution in [0.15, 0.2) is 30.3 Å². The topological polar surface area (TPSA) is 67.6 Å².